The van der Waals surface area contributed by atoms with Crippen LogP contribution < -0.4 is 5.32 Å². The molecule has 1 N–H and O–H groups in total. The molecule has 0 aromatic rings. The molecule has 3 nitrogen and oxygen atoms in total. The Morgan fingerprint density at radius 1 is 1.64 bits per heavy atom. The Bertz CT molecular complexity index is 316. The molecule has 0 spiro atoms. The minimum absolute atomic E-state index is 0.0818. The fourth-order valence-corrected chi connectivity index (χ4v) is 3.52. The molecule has 0 aromatic heterocycles. The lowest BCUT2D eigenvalue weighted by Crippen LogP contribution is -2.32. The Hall–Kier alpha value is -0.530. The van der Waals surface area contributed by atoms with Crippen LogP contribution in [-0.4, -0.2) is 32.5 Å². The first-order valence-electron chi connectivity index (χ1n) is 4.97. The molecule has 0 bridgehead atoms. The second kappa shape index (κ2) is 4.81. The molecular weight excluding hydrogens is 198 g/mol. The summed E-state index contributed by atoms with van der Waals surface area (Å²) in [7, 11) is -2.75. The molecule has 0 aliphatic carbocycles. The van der Waals surface area contributed by atoms with Gasteiger partial charge in [0.2, 0.25) is 0 Å². The summed E-state index contributed by atoms with van der Waals surface area (Å²) < 4.78 is 22.3. The van der Waals surface area contributed by atoms with Crippen molar-refractivity contribution in [1.82, 2.24) is 5.32 Å². The van der Waals surface area contributed by atoms with Crippen molar-refractivity contribution in [3.63, 3.8) is 0 Å². The number of nitrogens with one attached hydrogen (secondary N) is 1. The summed E-state index contributed by atoms with van der Waals surface area (Å²) in [4.78, 5) is 0. The first-order chi connectivity index (χ1) is 6.57. The first kappa shape index (κ1) is 11.5. The van der Waals surface area contributed by atoms with Gasteiger partial charge in [0.15, 0.2) is 9.84 Å². The predicted molar refractivity (Wildman–Crippen MR) is 57.7 cm³/mol. The molecule has 80 valence electrons. The molecule has 2 unspecified atom stereocenters. The Labute approximate surface area is 86.2 Å². The van der Waals surface area contributed by atoms with Gasteiger partial charge in [0, 0.05) is 6.54 Å². The van der Waals surface area contributed by atoms with Crippen molar-refractivity contribution in [3.05, 3.63) is 0 Å². The highest BCUT2D eigenvalue weighted by molar-refractivity contribution is 7.91. The number of rotatable bonds is 4. The van der Waals surface area contributed by atoms with Crippen molar-refractivity contribution in [2.45, 2.75) is 25.8 Å². The van der Waals surface area contributed by atoms with Gasteiger partial charge in [-0.05, 0) is 18.8 Å². The number of terminal acetylenes is 1. The van der Waals surface area contributed by atoms with Gasteiger partial charge in [0.05, 0.1) is 17.5 Å². The van der Waals surface area contributed by atoms with Crippen LogP contribution in [0.3, 0.4) is 0 Å². The van der Waals surface area contributed by atoms with E-state index in [1.165, 1.54) is 0 Å². The van der Waals surface area contributed by atoms with Crippen LogP contribution in [0, 0.1) is 18.3 Å². The van der Waals surface area contributed by atoms with Crippen LogP contribution in [0.1, 0.15) is 19.8 Å². The van der Waals surface area contributed by atoms with E-state index in [0.29, 0.717) is 11.5 Å². The van der Waals surface area contributed by atoms with Crippen LogP contribution in [0.2, 0.25) is 0 Å². The van der Waals surface area contributed by atoms with Crippen molar-refractivity contribution >= 4 is 9.84 Å². The normalized spacial score (nSPS) is 27.0. The molecule has 0 aromatic carbocycles. The zero-order valence-corrected chi connectivity index (χ0v) is 9.31. The Balaban J connectivity index is 2.31. The van der Waals surface area contributed by atoms with Gasteiger partial charge >= 0.3 is 0 Å². The maximum Gasteiger partial charge on any atom is 0.150 e. The second-order valence-electron chi connectivity index (χ2n) is 3.80. The van der Waals surface area contributed by atoms with Crippen LogP contribution >= 0.6 is 0 Å². The van der Waals surface area contributed by atoms with E-state index < -0.39 is 9.84 Å². The Morgan fingerprint density at radius 3 is 2.79 bits per heavy atom. The molecule has 1 heterocycles. The molecule has 1 saturated heterocycles. The fourth-order valence-electron chi connectivity index (χ4n) is 1.66. The summed E-state index contributed by atoms with van der Waals surface area (Å²) in [6.45, 7) is 2.74. The van der Waals surface area contributed by atoms with E-state index in [2.05, 4.69) is 11.2 Å². The molecule has 1 fully saturated rings. The summed E-state index contributed by atoms with van der Waals surface area (Å²) in [5.41, 5.74) is 0. The van der Waals surface area contributed by atoms with Crippen LogP contribution in [-0.2, 0) is 9.84 Å². The maximum absolute atomic E-state index is 11.2. The van der Waals surface area contributed by atoms with Crippen LogP contribution in [0.5, 0.6) is 0 Å². The largest absolute Gasteiger partial charge is 0.303 e. The van der Waals surface area contributed by atoms with Gasteiger partial charge < -0.3 is 5.32 Å². The third-order valence-electron chi connectivity index (χ3n) is 2.59. The number of hydrogen-bond acceptors (Lipinski definition) is 3. The van der Waals surface area contributed by atoms with Crippen molar-refractivity contribution < 1.29 is 8.42 Å². The number of hydrogen-bond donors (Lipinski definition) is 1. The fraction of sp³-hybridized carbons (Fsp3) is 0.800. The molecule has 0 saturated carbocycles. The third-order valence-corrected chi connectivity index (χ3v) is 4.43. The average Bonchev–Trinajstić information content (AvgIpc) is 2.47. The quantitative estimate of drug-likeness (QED) is 0.691. The van der Waals surface area contributed by atoms with Gasteiger partial charge in [-0.3, -0.25) is 0 Å². The van der Waals surface area contributed by atoms with Gasteiger partial charge in [0.1, 0.15) is 0 Å². The SMILES string of the molecule is C#CC(CC)NCC1CCS(=O)(=O)C1. The molecular formula is C10H17NO2S. The van der Waals surface area contributed by atoms with Crippen molar-refractivity contribution in [2.75, 3.05) is 18.1 Å². The van der Waals surface area contributed by atoms with Crippen molar-refractivity contribution in [2.24, 2.45) is 5.92 Å². The molecule has 4 heteroatoms. The van der Waals surface area contributed by atoms with E-state index in [1.807, 2.05) is 6.92 Å². The highest BCUT2D eigenvalue weighted by Gasteiger charge is 2.27. The molecule has 0 amide bonds. The lowest BCUT2D eigenvalue weighted by Gasteiger charge is -2.13. The third kappa shape index (κ3) is 3.32. The summed E-state index contributed by atoms with van der Waals surface area (Å²) in [6, 6.07) is 0.0818. The summed E-state index contributed by atoms with van der Waals surface area (Å²) in [5, 5.41) is 3.20. The lowest BCUT2D eigenvalue weighted by molar-refractivity contribution is 0.488. The zero-order chi connectivity index (χ0) is 10.6. The summed E-state index contributed by atoms with van der Waals surface area (Å²) >= 11 is 0. The highest BCUT2D eigenvalue weighted by atomic mass is 32.2. The lowest BCUT2D eigenvalue weighted by atomic mass is 10.1. The monoisotopic (exact) mass is 215 g/mol. The molecule has 2 atom stereocenters. The van der Waals surface area contributed by atoms with Crippen LogP contribution in [0.15, 0.2) is 0 Å². The van der Waals surface area contributed by atoms with E-state index in [0.717, 1.165) is 19.4 Å². The van der Waals surface area contributed by atoms with Gasteiger partial charge in [-0.25, -0.2) is 8.42 Å². The van der Waals surface area contributed by atoms with Crippen LogP contribution in [0.4, 0.5) is 0 Å². The van der Waals surface area contributed by atoms with E-state index in [-0.39, 0.29) is 12.0 Å². The Kier molecular flexibility index (Phi) is 3.97. The first-order valence-corrected chi connectivity index (χ1v) is 6.79. The average molecular weight is 215 g/mol. The standard InChI is InChI=1S/C10H17NO2S/c1-3-10(4-2)11-7-9-5-6-14(12,13)8-9/h1,9-11H,4-8H2,2H3. The zero-order valence-electron chi connectivity index (χ0n) is 8.49. The smallest absolute Gasteiger partial charge is 0.150 e. The highest BCUT2D eigenvalue weighted by Crippen LogP contribution is 2.17. The number of sulfone groups is 1. The van der Waals surface area contributed by atoms with Gasteiger partial charge in [-0.15, -0.1) is 6.42 Å². The summed E-state index contributed by atoms with van der Waals surface area (Å²) in [5.74, 6) is 3.55. The topological polar surface area (TPSA) is 46.2 Å². The second-order valence-corrected chi connectivity index (χ2v) is 6.03. The Morgan fingerprint density at radius 2 is 2.36 bits per heavy atom. The molecule has 1 rings (SSSR count). The van der Waals surface area contributed by atoms with Gasteiger partial charge in [-0.1, -0.05) is 12.8 Å². The maximum atomic E-state index is 11.2. The predicted octanol–water partition coefficient (Wildman–Crippen LogP) is 0.422. The minimum Gasteiger partial charge on any atom is -0.303 e. The molecule has 14 heavy (non-hydrogen) atoms. The van der Waals surface area contributed by atoms with E-state index in [4.69, 9.17) is 6.42 Å². The van der Waals surface area contributed by atoms with Crippen LogP contribution in [0.25, 0.3) is 0 Å². The molecule has 1 aliphatic heterocycles. The van der Waals surface area contributed by atoms with Crippen molar-refractivity contribution in [1.29, 1.82) is 0 Å². The van der Waals surface area contributed by atoms with Gasteiger partial charge in [-0.2, -0.15) is 0 Å². The van der Waals surface area contributed by atoms with Crippen molar-refractivity contribution in [3.8, 4) is 12.3 Å². The molecule has 0 radical (unpaired) electrons. The summed E-state index contributed by atoms with van der Waals surface area (Å²) in [6.07, 6.45) is 6.95. The van der Waals surface area contributed by atoms with E-state index in [9.17, 15) is 8.42 Å². The van der Waals surface area contributed by atoms with E-state index >= 15 is 0 Å². The van der Waals surface area contributed by atoms with E-state index in [1.54, 1.807) is 0 Å². The molecule has 1 aliphatic rings. The minimum atomic E-state index is -2.75. The van der Waals surface area contributed by atoms with Gasteiger partial charge in [0.25, 0.3) is 0 Å².